The predicted molar refractivity (Wildman–Crippen MR) is 99.8 cm³/mol. The van der Waals surface area contributed by atoms with Gasteiger partial charge in [-0.15, -0.1) is 0 Å². The van der Waals surface area contributed by atoms with E-state index in [-0.39, 0.29) is 17.5 Å². The fourth-order valence-electron chi connectivity index (χ4n) is 3.20. The lowest BCUT2D eigenvalue weighted by Crippen LogP contribution is -2.07. The van der Waals surface area contributed by atoms with Gasteiger partial charge in [0.15, 0.2) is 0 Å². The van der Waals surface area contributed by atoms with Crippen LogP contribution in [0, 0.1) is 5.82 Å². The molecular weight excluding hydrogens is 386 g/mol. The second-order valence-corrected chi connectivity index (χ2v) is 6.49. The predicted octanol–water partition coefficient (Wildman–Crippen LogP) is 4.73. The summed E-state index contributed by atoms with van der Waals surface area (Å²) >= 11 is 0. The topological polar surface area (TPSA) is 58.6 Å². The van der Waals surface area contributed by atoms with Crippen molar-refractivity contribution in [2.24, 2.45) is 0 Å². The number of nitrogens with zero attached hydrogens (tertiary/aromatic N) is 2. The lowest BCUT2D eigenvalue weighted by atomic mass is 10.0. The Kier molecular flexibility index (Phi) is 4.62. The molecule has 0 saturated carbocycles. The van der Waals surface area contributed by atoms with Gasteiger partial charge in [0.05, 0.1) is 22.8 Å². The Hall–Kier alpha value is -3.55. The first kappa shape index (κ1) is 18.8. The summed E-state index contributed by atoms with van der Waals surface area (Å²) in [5.74, 6) is -0.955. The molecule has 0 amide bonds. The molecule has 8 heteroatoms. The first-order valence-electron chi connectivity index (χ1n) is 8.59. The van der Waals surface area contributed by atoms with Crippen LogP contribution in [0.3, 0.4) is 0 Å². The highest BCUT2D eigenvalue weighted by Gasteiger charge is 2.31. The van der Waals surface area contributed by atoms with Crippen molar-refractivity contribution in [2.45, 2.75) is 12.6 Å². The third kappa shape index (κ3) is 3.87. The van der Waals surface area contributed by atoms with Crippen LogP contribution in [-0.4, -0.2) is 15.0 Å². The summed E-state index contributed by atoms with van der Waals surface area (Å²) < 4.78 is 52.5. The van der Waals surface area contributed by atoms with Crippen LogP contribution < -0.4 is 5.56 Å². The molecule has 4 aromatic rings. The van der Waals surface area contributed by atoms with Crippen LogP contribution in [-0.2, 0) is 12.6 Å². The van der Waals surface area contributed by atoms with Gasteiger partial charge in [-0.05, 0) is 47.5 Å². The molecule has 29 heavy (non-hydrogen) atoms. The number of benzene rings is 2. The number of aromatic amines is 1. The lowest BCUT2D eigenvalue weighted by Gasteiger charge is -2.10. The lowest BCUT2D eigenvalue weighted by molar-refractivity contribution is -0.137. The molecule has 0 atom stereocenters. The fraction of sp³-hybridized carbons (Fsp3) is 0.0952. The minimum Gasteiger partial charge on any atom is -0.313 e. The first-order valence-corrected chi connectivity index (χ1v) is 8.59. The van der Waals surface area contributed by atoms with Gasteiger partial charge in [0.25, 0.3) is 5.56 Å². The number of halogens is 4. The largest absolute Gasteiger partial charge is 0.416 e. The van der Waals surface area contributed by atoms with Crippen LogP contribution in [0.25, 0.3) is 22.0 Å². The number of nitrogens with one attached hydrogen (secondary N) is 1. The van der Waals surface area contributed by atoms with E-state index in [1.54, 1.807) is 30.3 Å². The van der Waals surface area contributed by atoms with Gasteiger partial charge in [0, 0.05) is 23.9 Å². The molecule has 0 aliphatic rings. The van der Waals surface area contributed by atoms with E-state index in [0.717, 1.165) is 12.1 Å². The SMILES string of the molecule is O=c1[nH]cnc2c(-c3ccnc(Cc4cc(F)cc(C(F)(F)F)c4)c3)cccc12. The monoisotopic (exact) mass is 399 g/mol. The Labute approximate surface area is 161 Å². The van der Waals surface area contributed by atoms with Crippen LogP contribution in [0.15, 0.2) is 65.8 Å². The summed E-state index contributed by atoms with van der Waals surface area (Å²) in [6.45, 7) is 0. The van der Waals surface area contributed by atoms with Gasteiger partial charge in [-0.25, -0.2) is 9.37 Å². The van der Waals surface area contributed by atoms with E-state index in [9.17, 15) is 22.4 Å². The molecule has 0 unspecified atom stereocenters. The van der Waals surface area contributed by atoms with E-state index in [1.165, 1.54) is 12.5 Å². The van der Waals surface area contributed by atoms with Gasteiger partial charge < -0.3 is 4.98 Å². The average Bonchev–Trinajstić information content (AvgIpc) is 2.67. The summed E-state index contributed by atoms with van der Waals surface area (Å²) in [5, 5.41) is 0.420. The van der Waals surface area contributed by atoms with E-state index in [1.807, 2.05) is 0 Å². The minimum absolute atomic E-state index is 0.0213. The zero-order valence-corrected chi connectivity index (χ0v) is 14.8. The summed E-state index contributed by atoms with van der Waals surface area (Å²) in [4.78, 5) is 22.9. The summed E-state index contributed by atoms with van der Waals surface area (Å²) in [6, 6.07) is 11.0. The maximum Gasteiger partial charge on any atom is 0.416 e. The number of alkyl halides is 3. The van der Waals surface area contributed by atoms with Gasteiger partial charge >= 0.3 is 6.18 Å². The van der Waals surface area contributed by atoms with Crippen molar-refractivity contribution in [3.63, 3.8) is 0 Å². The van der Waals surface area contributed by atoms with Crippen LogP contribution in [0.4, 0.5) is 17.6 Å². The fourth-order valence-corrected chi connectivity index (χ4v) is 3.20. The van der Waals surface area contributed by atoms with Crippen LogP contribution in [0.5, 0.6) is 0 Å². The molecule has 146 valence electrons. The van der Waals surface area contributed by atoms with Crippen molar-refractivity contribution in [2.75, 3.05) is 0 Å². The normalized spacial score (nSPS) is 11.7. The van der Waals surface area contributed by atoms with Crippen LogP contribution in [0.1, 0.15) is 16.8 Å². The Balaban J connectivity index is 1.74. The third-order valence-electron chi connectivity index (χ3n) is 4.47. The molecule has 2 aromatic heterocycles. The summed E-state index contributed by atoms with van der Waals surface area (Å²) in [5.41, 5.74) is 1.20. The highest BCUT2D eigenvalue weighted by Crippen LogP contribution is 2.31. The number of hydrogen-bond acceptors (Lipinski definition) is 3. The van der Waals surface area contributed by atoms with Crippen molar-refractivity contribution in [3.05, 3.63) is 94.0 Å². The Bertz CT molecular complexity index is 1260. The highest BCUT2D eigenvalue weighted by atomic mass is 19.4. The second-order valence-electron chi connectivity index (χ2n) is 6.49. The highest BCUT2D eigenvalue weighted by molar-refractivity contribution is 5.92. The van der Waals surface area contributed by atoms with E-state index >= 15 is 0 Å². The molecule has 0 bridgehead atoms. The zero-order chi connectivity index (χ0) is 20.6. The number of hydrogen-bond donors (Lipinski definition) is 1. The molecule has 4 nitrogen and oxygen atoms in total. The average molecular weight is 399 g/mol. The van der Waals surface area contributed by atoms with E-state index in [4.69, 9.17) is 0 Å². The molecule has 0 spiro atoms. The Morgan fingerprint density at radius 1 is 1.00 bits per heavy atom. The molecule has 0 saturated heterocycles. The molecule has 1 N–H and O–H groups in total. The maximum absolute atomic E-state index is 13.7. The maximum atomic E-state index is 13.7. The van der Waals surface area contributed by atoms with Gasteiger partial charge in [0.2, 0.25) is 0 Å². The van der Waals surface area contributed by atoms with E-state index < -0.39 is 17.6 Å². The van der Waals surface area contributed by atoms with Gasteiger partial charge in [-0.3, -0.25) is 9.78 Å². The summed E-state index contributed by atoms with van der Waals surface area (Å²) in [6.07, 6.45) is -1.79. The van der Waals surface area contributed by atoms with Crippen molar-refractivity contribution < 1.29 is 17.6 Å². The van der Waals surface area contributed by atoms with Crippen LogP contribution in [0.2, 0.25) is 0 Å². The molecule has 0 fully saturated rings. The van der Waals surface area contributed by atoms with Gasteiger partial charge in [-0.2, -0.15) is 13.2 Å². The van der Waals surface area contributed by atoms with Gasteiger partial charge in [-0.1, -0.05) is 12.1 Å². The zero-order valence-electron chi connectivity index (χ0n) is 14.8. The Morgan fingerprint density at radius 2 is 1.83 bits per heavy atom. The Morgan fingerprint density at radius 3 is 2.62 bits per heavy atom. The standard InChI is InChI=1S/C21H13F4N3O/c22-15-7-12(6-14(10-15)21(23,24)25)8-16-9-13(4-5-26-16)17-2-1-3-18-19(17)27-11-28-20(18)29/h1-7,9-11H,8H2,(H,27,28,29). The molecule has 0 radical (unpaired) electrons. The summed E-state index contributed by atoms with van der Waals surface area (Å²) in [7, 11) is 0. The molecule has 0 aliphatic carbocycles. The second kappa shape index (κ2) is 7.12. The van der Waals surface area contributed by atoms with Crippen molar-refractivity contribution in [1.29, 1.82) is 0 Å². The third-order valence-corrected chi connectivity index (χ3v) is 4.47. The molecule has 4 rings (SSSR count). The molecule has 0 aliphatic heterocycles. The van der Waals surface area contributed by atoms with Crippen molar-refractivity contribution >= 4 is 10.9 Å². The molecule has 2 aromatic carbocycles. The quantitative estimate of drug-likeness (QED) is 0.507. The number of aromatic nitrogens is 3. The smallest absolute Gasteiger partial charge is 0.313 e. The van der Waals surface area contributed by atoms with E-state index in [2.05, 4.69) is 15.0 Å². The number of pyridine rings is 1. The number of H-pyrrole nitrogens is 1. The number of fused-ring (bicyclic) bond motifs is 1. The number of rotatable bonds is 3. The van der Waals surface area contributed by atoms with Crippen LogP contribution >= 0.6 is 0 Å². The van der Waals surface area contributed by atoms with E-state index in [0.29, 0.717) is 33.8 Å². The molecular formula is C21H13F4N3O. The minimum atomic E-state index is -4.63. The number of para-hydroxylation sites is 1. The van der Waals surface area contributed by atoms with Crippen molar-refractivity contribution in [3.8, 4) is 11.1 Å². The molecule has 2 heterocycles. The first-order chi connectivity index (χ1) is 13.8. The van der Waals surface area contributed by atoms with Gasteiger partial charge in [0.1, 0.15) is 5.82 Å². The van der Waals surface area contributed by atoms with Crippen molar-refractivity contribution in [1.82, 2.24) is 15.0 Å².